The molecule has 0 N–H and O–H groups in total. The number of oxazole rings is 1. The van der Waals surface area contributed by atoms with E-state index in [0.29, 0.717) is 11.8 Å². The molecule has 0 radical (unpaired) electrons. The van der Waals surface area contributed by atoms with Gasteiger partial charge in [-0.05, 0) is 24.7 Å². The average Bonchev–Trinajstić information content (AvgIpc) is 3.07. The van der Waals surface area contributed by atoms with Gasteiger partial charge in [0.15, 0.2) is 6.39 Å². The summed E-state index contributed by atoms with van der Waals surface area (Å²) in [6.45, 7) is 9.75. The van der Waals surface area contributed by atoms with E-state index in [2.05, 4.69) is 44.7 Å². The third-order valence-electron chi connectivity index (χ3n) is 6.13. The Balaban J connectivity index is 1.22. The monoisotopic (exact) mass is 353 g/mol. The normalized spacial score (nSPS) is 26.0. The third-order valence-corrected chi connectivity index (χ3v) is 6.13. The molecule has 138 valence electrons. The SMILES string of the molecule is CC(C)c1ocnc1CN1CC2CN(c3cc(C4CC4)ncn3)CC2C1. The molecule has 3 aliphatic rings. The second-order valence-electron chi connectivity index (χ2n) is 8.51. The molecule has 0 bridgehead atoms. The van der Waals surface area contributed by atoms with Crippen LogP contribution in [0.4, 0.5) is 5.82 Å². The Kier molecular flexibility index (Phi) is 3.96. The van der Waals surface area contributed by atoms with Crippen molar-refractivity contribution < 1.29 is 4.42 Å². The van der Waals surface area contributed by atoms with E-state index in [0.717, 1.165) is 61.8 Å². The molecule has 6 nitrogen and oxygen atoms in total. The van der Waals surface area contributed by atoms with E-state index in [4.69, 9.17) is 4.42 Å². The zero-order chi connectivity index (χ0) is 17.7. The second-order valence-corrected chi connectivity index (χ2v) is 8.51. The lowest BCUT2D eigenvalue weighted by Gasteiger charge is -2.22. The van der Waals surface area contributed by atoms with Crippen LogP contribution < -0.4 is 4.90 Å². The third kappa shape index (κ3) is 3.00. The van der Waals surface area contributed by atoms with Crippen molar-refractivity contribution in [3.8, 4) is 0 Å². The first-order valence-electron chi connectivity index (χ1n) is 9.89. The first kappa shape index (κ1) is 16.2. The molecule has 5 rings (SSSR count). The molecule has 3 fully saturated rings. The molecule has 2 atom stereocenters. The van der Waals surface area contributed by atoms with Crippen LogP contribution in [0.15, 0.2) is 23.2 Å². The van der Waals surface area contributed by atoms with Gasteiger partial charge in [-0.2, -0.15) is 0 Å². The fourth-order valence-corrected chi connectivity index (χ4v) is 4.62. The Labute approximate surface area is 154 Å². The molecule has 4 heterocycles. The Bertz CT molecular complexity index is 770. The largest absolute Gasteiger partial charge is 0.448 e. The number of rotatable bonds is 5. The second kappa shape index (κ2) is 6.34. The minimum absolute atomic E-state index is 0.392. The maximum absolute atomic E-state index is 5.58. The first-order chi connectivity index (χ1) is 12.7. The van der Waals surface area contributed by atoms with Crippen LogP contribution in [0.3, 0.4) is 0 Å². The summed E-state index contributed by atoms with van der Waals surface area (Å²) in [5.41, 5.74) is 2.35. The number of nitrogens with zero attached hydrogens (tertiary/aromatic N) is 5. The highest BCUT2D eigenvalue weighted by Gasteiger charge is 2.41. The van der Waals surface area contributed by atoms with E-state index >= 15 is 0 Å². The van der Waals surface area contributed by atoms with Crippen molar-refractivity contribution in [1.82, 2.24) is 19.9 Å². The minimum Gasteiger partial charge on any atom is -0.448 e. The molecule has 0 amide bonds. The minimum atomic E-state index is 0.392. The summed E-state index contributed by atoms with van der Waals surface area (Å²) in [7, 11) is 0. The average molecular weight is 353 g/mol. The predicted molar refractivity (Wildman–Crippen MR) is 99.1 cm³/mol. The number of anilines is 1. The Morgan fingerprint density at radius 2 is 1.85 bits per heavy atom. The summed E-state index contributed by atoms with van der Waals surface area (Å²) < 4.78 is 5.58. The van der Waals surface area contributed by atoms with Crippen LogP contribution >= 0.6 is 0 Å². The topological polar surface area (TPSA) is 58.3 Å². The van der Waals surface area contributed by atoms with Crippen LogP contribution in [0.2, 0.25) is 0 Å². The van der Waals surface area contributed by atoms with Gasteiger partial charge >= 0.3 is 0 Å². The summed E-state index contributed by atoms with van der Waals surface area (Å²) in [5, 5.41) is 0. The Morgan fingerprint density at radius 3 is 2.54 bits per heavy atom. The summed E-state index contributed by atoms with van der Waals surface area (Å²) >= 11 is 0. The van der Waals surface area contributed by atoms with Gasteiger partial charge in [-0.25, -0.2) is 15.0 Å². The molecule has 0 aromatic carbocycles. The van der Waals surface area contributed by atoms with Crippen LogP contribution in [0, 0.1) is 11.8 Å². The highest BCUT2D eigenvalue weighted by molar-refractivity contribution is 5.42. The molecule has 2 aliphatic heterocycles. The van der Waals surface area contributed by atoms with E-state index in [1.54, 1.807) is 12.7 Å². The fourth-order valence-electron chi connectivity index (χ4n) is 4.62. The predicted octanol–water partition coefficient (Wildman–Crippen LogP) is 3.03. The van der Waals surface area contributed by atoms with E-state index in [9.17, 15) is 0 Å². The van der Waals surface area contributed by atoms with E-state index in [1.807, 2.05) is 0 Å². The molecule has 2 saturated heterocycles. The lowest BCUT2D eigenvalue weighted by atomic mass is 10.0. The van der Waals surface area contributed by atoms with Gasteiger partial charge in [-0.3, -0.25) is 4.90 Å². The highest BCUT2D eigenvalue weighted by atomic mass is 16.3. The molecule has 6 heteroatoms. The molecule has 2 aromatic heterocycles. The molecule has 26 heavy (non-hydrogen) atoms. The van der Waals surface area contributed by atoms with Gasteiger partial charge in [-0.1, -0.05) is 13.8 Å². The van der Waals surface area contributed by atoms with Crippen LogP contribution in [0.5, 0.6) is 0 Å². The highest BCUT2D eigenvalue weighted by Crippen LogP contribution is 2.40. The van der Waals surface area contributed by atoms with Gasteiger partial charge in [0.25, 0.3) is 0 Å². The van der Waals surface area contributed by atoms with Gasteiger partial charge in [0, 0.05) is 56.3 Å². The fraction of sp³-hybridized carbons (Fsp3) is 0.650. The van der Waals surface area contributed by atoms with Crippen LogP contribution in [-0.4, -0.2) is 46.0 Å². The number of likely N-dealkylation sites (tertiary alicyclic amines) is 1. The van der Waals surface area contributed by atoms with Crippen molar-refractivity contribution in [1.29, 1.82) is 0 Å². The summed E-state index contributed by atoms with van der Waals surface area (Å²) in [5.74, 6) is 4.70. The quantitative estimate of drug-likeness (QED) is 0.823. The first-order valence-corrected chi connectivity index (χ1v) is 9.89. The van der Waals surface area contributed by atoms with Crippen molar-refractivity contribution in [3.05, 3.63) is 35.9 Å². The van der Waals surface area contributed by atoms with Crippen molar-refractivity contribution in [2.24, 2.45) is 11.8 Å². The standard InChI is InChI=1S/C20H27N5O/c1-13(2)20-18(23-12-26-20)10-24-6-15-8-25(9-16(15)7-24)19-5-17(14-3-4-14)21-11-22-19/h5,11-16H,3-4,6-10H2,1-2H3. The molecular weight excluding hydrogens is 326 g/mol. The van der Waals surface area contributed by atoms with Crippen LogP contribution in [0.1, 0.15) is 55.7 Å². The smallest absolute Gasteiger partial charge is 0.181 e. The van der Waals surface area contributed by atoms with Gasteiger partial charge in [0.2, 0.25) is 0 Å². The lowest BCUT2D eigenvalue weighted by Crippen LogP contribution is -2.29. The van der Waals surface area contributed by atoms with Crippen molar-refractivity contribution in [2.45, 2.75) is 45.1 Å². The Hall–Kier alpha value is -1.95. The summed E-state index contributed by atoms with van der Waals surface area (Å²) in [6, 6.07) is 2.22. The number of aromatic nitrogens is 3. The molecule has 1 saturated carbocycles. The van der Waals surface area contributed by atoms with Gasteiger partial charge in [-0.15, -0.1) is 0 Å². The van der Waals surface area contributed by atoms with Crippen molar-refractivity contribution >= 4 is 5.82 Å². The number of hydrogen-bond donors (Lipinski definition) is 0. The van der Waals surface area contributed by atoms with Gasteiger partial charge in [0.05, 0.1) is 5.69 Å². The molecule has 0 spiro atoms. The van der Waals surface area contributed by atoms with Crippen molar-refractivity contribution in [2.75, 3.05) is 31.1 Å². The number of hydrogen-bond acceptors (Lipinski definition) is 6. The van der Waals surface area contributed by atoms with Gasteiger partial charge < -0.3 is 9.32 Å². The molecule has 1 aliphatic carbocycles. The van der Waals surface area contributed by atoms with E-state index in [1.165, 1.54) is 18.5 Å². The summed E-state index contributed by atoms with van der Waals surface area (Å²) in [4.78, 5) is 18.5. The van der Waals surface area contributed by atoms with Crippen LogP contribution in [0.25, 0.3) is 0 Å². The van der Waals surface area contributed by atoms with Crippen LogP contribution in [-0.2, 0) is 6.54 Å². The molecular formula is C20H27N5O. The summed E-state index contributed by atoms with van der Waals surface area (Å²) in [6.07, 6.45) is 5.92. The van der Waals surface area contributed by atoms with Crippen molar-refractivity contribution in [3.63, 3.8) is 0 Å². The van der Waals surface area contributed by atoms with E-state index < -0.39 is 0 Å². The molecule has 2 unspecified atom stereocenters. The molecule has 2 aromatic rings. The maximum atomic E-state index is 5.58. The Morgan fingerprint density at radius 1 is 1.08 bits per heavy atom. The number of fused-ring (bicyclic) bond motifs is 1. The van der Waals surface area contributed by atoms with E-state index in [-0.39, 0.29) is 0 Å². The zero-order valence-corrected chi connectivity index (χ0v) is 15.6. The zero-order valence-electron chi connectivity index (χ0n) is 15.6. The lowest BCUT2D eigenvalue weighted by molar-refractivity contribution is 0.302. The maximum Gasteiger partial charge on any atom is 0.181 e. The van der Waals surface area contributed by atoms with Gasteiger partial charge in [0.1, 0.15) is 17.9 Å².